The molecule has 1 aromatic rings. The summed E-state index contributed by atoms with van der Waals surface area (Å²) in [7, 11) is 0. The van der Waals surface area contributed by atoms with Gasteiger partial charge in [-0.3, -0.25) is 4.79 Å². The smallest absolute Gasteiger partial charge is 0.224 e. The van der Waals surface area contributed by atoms with Gasteiger partial charge >= 0.3 is 0 Å². The molecule has 3 heteroatoms. The van der Waals surface area contributed by atoms with Crippen LogP contribution in [0.25, 0.3) is 0 Å². The van der Waals surface area contributed by atoms with Gasteiger partial charge < -0.3 is 4.90 Å². The highest BCUT2D eigenvalue weighted by Crippen LogP contribution is 2.35. The van der Waals surface area contributed by atoms with Gasteiger partial charge in [0.1, 0.15) is 0 Å². The van der Waals surface area contributed by atoms with Gasteiger partial charge in [0, 0.05) is 13.0 Å². The molecule has 0 saturated carbocycles. The van der Waals surface area contributed by atoms with E-state index in [-0.39, 0.29) is 17.4 Å². The molecule has 1 heterocycles. The number of nitrogens with zero attached hydrogens (tertiary/aromatic N) is 2. The molecular weight excluding hydrogens is 212 g/mol. The number of nitriles is 1. The average Bonchev–Trinajstić information content (AvgIpc) is 2.53. The van der Waals surface area contributed by atoms with Gasteiger partial charge in [0.2, 0.25) is 5.91 Å². The van der Waals surface area contributed by atoms with Crippen LogP contribution in [0.15, 0.2) is 30.3 Å². The van der Waals surface area contributed by atoms with Crippen LogP contribution >= 0.6 is 0 Å². The SMILES string of the molecule is CC1(C)C(C#N)CC(=O)N1Cc1ccccc1. The number of amides is 1. The summed E-state index contributed by atoms with van der Waals surface area (Å²) in [6, 6.07) is 12.1. The summed E-state index contributed by atoms with van der Waals surface area (Å²) in [5, 5.41) is 9.07. The molecule has 88 valence electrons. The molecule has 1 saturated heterocycles. The van der Waals surface area contributed by atoms with Crippen molar-refractivity contribution in [3.8, 4) is 6.07 Å². The Morgan fingerprint density at radius 1 is 1.41 bits per heavy atom. The largest absolute Gasteiger partial charge is 0.332 e. The zero-order chi connectivity index (χ0) is 12.5. The molecule has 0 N–H and O–H groups in total. The van der Waals surface area contributed by atoms with E-state index in [0.717, 1.165) is 5.56 Å². The summed E-state index contributed by atoms with van der Waals surface area (Å²) < 4.78 is 0. The fourth-order valence-corrected chi connectivity index (χ4v) is 2.31. The maximum Gasteiger partial charge on any atom is 0.224 e. The number of carbonyl (C=O) groups excluding carboxylic acids is 1. The van der Waals surface area contributed by atoms with Crippen molar-refractivity contribution in [2.45, 2.75) is 32.4 Å². The van der Waals surface area contributed by atoms with Gasteiger partial charge in [-0.15, -0.1) is 0 Å². The molecule has 1 unspecified atom stereocenters. The molecule has 0 aromatic heterocycles. The summed E-state index contributed by atoms with van der Waals surface area (Å²) >= 11 is 0. The number of hydrogen-bond acceptors (Lipinski definition) is 2. The molecule has 1 aliphatic heterocycles. The molecule has 1 fully saturated rings. The van der Waals surface area contributed by atoms with Crippen LogP contribution < -0.4 is 0 Å². The highest BCUT2D eigenvalue weighted by atomic mass is 16.2. The van der Waals surface area contributed by atoms with Gasteiger partial charge in [-0.05, 0) is 19.4 Å². The maximum atomic E-state index is 11.9. The Balaban J connectivity index is 2.22. The topological polar surface area (TPSA) is 44.1 Å². The van der Waals surface area contributed by atoms with Crippen molar-refractivity contribution in [2.75, 3.05) is 0 Å². The van der Waals surface area contributed by atoms with Gasteiger partial charge in [-0.25, -0.2) is 0 Å². The summed E-state index contributed by atoms with van der Waals surface area (Å²) in [6.45, 7) is 4.52. The van der Waals surface area contributed by atoms with Crippen molar-refractivity contribution in [2.24, 2.45) is 5.92 Å². The summed E-state index contributed by atoms with van der Waals surface area (Å²) in [5.41, 5.74) is 0.731. The van der Waals surface area contributed by atoms with E-state index in [0.29, 0.717) is 13.0 Å². The van der Waals surface area contributed by atoms with Gasteiger partial charge in [0.25, 0.3) is 0 Å². The monoisotopic (exact) mass is 228 g/mol. The van der Waals surface area contributed by atoms with Crippen molar-refractivity contribution in [1.29, 1.82) is 5.26 Å². The number of carbonyl (C=O) groups is 1. The van der Waals surface area contributed by atoms with Crippen molar-refractivity contribution >= 4 is 5.91 Å². The normalized spacial score (nSPS) is 22.5. The van der Waals surface area contributed by atoms with Crippen molar-refractivity contribution < 1.29 is 4.79 Å². The third-order valence-electron chi connectivity index (χ3n) is 3.57. The van der Waals surface area contributed by atoms with Crippen LogP contribution in [0.3, 0.4) is 0 Å². The van der Waals surface area contributed by atoms with E-state index < -0.39 is 0 Å². The van der Waals surface area contributed by atoms with E-state index in [2.05, 4.69) is 6.07 Å². The molecule has 0 spiro atoms. The van der Waals surface area contributed by atoms with Crippen molar-refractivity contribution in [3.63, 3.8) is 0 Å². The zero-order valence-electron chi connectivity index (χ0n) is 10.2. The van der Waals surface area contributed by atoms with E-state index in [1.165, 1.54) is 0 Å². The van der Waals surface area contributed by atoms with Crippen LogP contribution in [0.2, 0.25) is 0 Å². The highest BCUT2D eigenvalue weighted by molar-refractivity contribution is 5.80. The van der Waals surface area contributed by atoms with Crippen molar-refractivity contribution in [3.05, 3.63) is 35.9 Å². The third kappa shape index (κ3) is 2.03. The maximum absolute atomic E-state index is 11.9. The van der Waals surface area contributed by atoms with E-state index >= 15 is 0 Å². The predicted octanol–water partition coefficient (Wildman–Crippen LogP) is 2.34. The first-order valence-electron chi connectivity index (χ1n) is 5.79. The molecule has 0 radical (unpaired) electrons. The molecule has 1 aromatic carbocycles. The minimum Gasteiger partial charge on any atom is -0.332 e. The van der Waals surface area contributed by atoms with Crippen LogP contribution in [0.4, 0.5) is 0 Å². The van der Waals surface area contributed by atoms with Gasteiger partial charge in [0.05, 0.1) is 17.5 Å². The highest BCUT2D eigenvalue weighted by Gasteiger charge is 2.46. The van der Waals surface area contributed by atoms with E-state index in [1.54, 1.807) is 0 Å². The molecule has 1 aliphatic rings. The standard InChI is InChI=1S/C14H16N2O/c1-14(2)12(9-15)8-13(17)16(14)10-11-6-4-3-5-7-11/h3-7,12H,8,10H2,1-2H3. The third-order valence-corrected chi connectivity index (χ3v) is 3.57. The Morgan fingerprint density at radius 2 is 2.06 bits per heavy atom. The van der Waals surface area contributed by atoms with E-state index in [4.69, 9.17) is 5.26 Å². The quantitative estimate of drug-likeness (QED) is 0.779. The van der Waals surface area contributed by atoms with Crippen LogP contribution in [0.5, 0.6) is 0 Å². The summed E-state index contributed by atoms with van der Waals surface area (Å²) in [5.74, 6) is -0.135. The molecular formula is C14H16N2O. The summed E-state index contributed by atoms with van der Waals surface area (Å²) in [4.78, 5) is 13.8. The Hall–Kier alpha value is -1.82. The Kier molecular flexibility index (Phi) is 2.89. The van der Waals surface area contributed by atoms with Crippen LogP contribution in [0.1, 0.15) is 25.8 Å². The second-order valence-electron chi connectivity index (χ2n) is 5.00. The van der Waals surface area contributed by atoms with Crippen LogP contribution in [-0.2, 0) is 11.3 Å². The minimum atomic E-state index is -0.373. The zero-order valence-corrected chi connectivity index (χ0v) is 10.2. The fourth-order valence-electron chi connectivity index (χ4n) is 2.31. The van der Waals surface area contributed by atoms with Crippen LogP contribution in [-0.4, -0.2) is 16.3 Å². The second-order valence-corrected chi connectivity index (χ2v) is 5.00. The first-order chi connectivity index (χ1) is 8.05. The molecule has 17 heavy (non-hydrogen) atoms. The Morgan fingerprint density at radius 3 is 2.59 bits per heavy atom. The molecule has 0 aliphatic carbocycles. The van der Waals surface area contributed by atoms with E-state index in [1.807, 2.05) is 49.1 Å². The van der Waals surface area contributed by atoms with Gasteiger partial charge in [-0.1, -0.05) is 30.3 Å². The molecule has 2 rings (SSSR count). The second kappa shape index (κ2) is 4.21. The molecule has 1 atom stereocenters. The number of likely N-dealkylation sites (tertiary alicyclic amines) is 1. The van der Waals surface area contributed by atoms with Crippen molar-refractivity contribution in [1.82, 2.24) is 4.90 Å². The van der Waals surface area contributed by atoms with E-state index in [9.17, 15) is 4.79 Å². The van der Waals surface area contributed by atoms with Gasteiger partial charge in [-0.2, -0.15) is 5.26 Å². The number of benzene rings is 1. The average molecular weight is 228 g/mol. The molecule has 0 bridgehead atoms. The predicted molar refractivity (Wildman–Crippen MR) is 64.8 cm³/mol. The first kappa shape index (κ1) is 11.7. The first-order valence-corrected chi connectivity index (χ1v) is 5.79. The lowest BCUT2D eigenvalue weighted by Gasteiger charge is -2.33. The number of rotatable bonds is 2. The lowest BCUT2D eigenvalue weighted by Crippen LogP contribution is -2.43. The lowest BCUT2D eigenvalue weighted by atomic mass is 9.89. The van der Waals surface area contributed by atoms with Gasteiger partial charge in [0.15, 0.2) is 0 Å². The summed E-state index contributed by atoms with van der Waals surface area (Å²) in [6.07, 6.45) is 0.344. The lowest BCUT2D eigenvalue weighted by molar-refractivity contribution is -0.131. The Labute approximate surface area is 102 Å². The minimum absolute atomic E-state index is 0.0744. The molecule has 3 nitrogen and oxygen atoms in total. The molecule has 1 amide bonds. The van der Waals surface area contributed by atoms with Crippen LogP contribution in [0, 0.1) is 17.2 Å². The Bertz CT molecular complexity index is 459. The number of hydrogen-bond donors (Lipinski definition) is 0. The fraction of sp³-hybridized carbons (Fsp3) is 0.429.